The van der Waals surface area contributed by atoms with Crippen molar-refractivity contribution in [1.29, 1.82) is 0 Å². The lowest BCUT2D eigenvalue weighted by atomic mass is 9.96. The molecule has 0 nitrogen and oxygen atoms in total. The molecular weight excluding hydrogens is 168 g/mol. The van der Waals surface area contributed by atoms with Gasteiger partial charge in [0.15, 0.2) is 0 Å². The van der Waals surface area contributed by atoms with Gasteiger partial charge in [-0.25, -0.2) is 0 Å². The average Bonchev–Trinajstić information content (AvgIpc) is 2.20. The Morgan fingerprint density at radius 3 is 2.50 bits per heavy atom. The normalized spacial score (nSPS) is 11.8. The van der Waals surface area contributed by atoms with Gasteiger partial charge in [0.05, 0.1) is 0 Å². The van der Waals surface area contributed by atoms with E-state index in [1.54, 1.807) is 0 Å². The third kappa shape index (κ3) is 2.78. The molecule has 1 rings (SSSR count). The number of aryl methyl sites for hydroxylation is 1. The summed E-state index contributed by atoms with van der Waals surface area (Å²) in [5, 5.41) is 0. The molecule has 0 amide bonds. The first-order valence-corrected chi connectivity index (χ1v) is 4.83. The maximum Gasteiger partial charge on any atom is 0.0381 e. The zero-order valence-corrected chi connectivity index (χ0v) is 8.88. The minimum absolute atomic E-state index is 0.163. The number of benzene rings is 1. The van der Waals surface area contributed by atoms with Gasteiger partial charge in [-0.15, -0.1) is 6.42 Å². The van der Waals surface area contributed by atoms with Gasteiger partial charge in [-0.2, -0.15) is 0 Å². The van der Waals surface area contributed by atoms with Crippen LogP contribution in [0.1, 0.15) is 18.1 Å². The van der Waals surface area contributed by atoms with E-state index in [1.807, 2.05) is 6.92 Å². The lowest BCUT2D eigenvalue weighted by Gasteiger charge is -2.08. The quantitative estimate of drug-likeness (QED) is 0.499. The molecule has 14 heavy (non-hydrogen) atoms. The van der Waals surface area contributed by atoms with Crippen LogP contribution in [-0.2, 0) is 6.42 Å². The van der Waals surface area contributed by atoms with Gasteiger partial charge in [0.25, 0.3) is 0 Å². The topological polar surface area (TPSA) is 0 Å². The van der Waals surface area contributed by atoms with Gasteiger partial charge >= 0.3 is 0 Å². The summed E-state index contributed by atoms with van der Waals surface area (Å²) < 4.78 is 0. The van der Waals surface area contributed by atoms with Crippen LogP contribution in [0.15, 0.2) is 36.4 Å². The maximum atomic E-state index is 5.34. The molecular formula is C14H16. The predicted octanol–water partition coefficient (Wildman–Crippen LogP) is 3.36. The molecule has 0 radical (unpaired) electrons. The minimum Gasteiger partial charge on any atom is -0.119 e. The fourth-order valence-electron chi connectivity index (χ4n) is 1.24. The van der Waals surface area contributed by atoms with Crippen LogP contribution in [0, 0.1) is 25.2 Å². The Bertz CT molecular complexity index is 349. The second kappa shape index (κ2) is 4.67. The van der Waals surface area contributed by atoms with Gasteiger partial charge in [0.2, 0.25) is 0 Å². The maximum absolute atomic E-state index is 5.34. The first-order valence-electron chi connectivity index (χ1n) is 4.83. The van der Waals surface area contributed by atoms with Crippen molar-refractivity contribution >= 4 is 0 Å². The van der Waals surface area contributed by atoms with E-state index in [1.165, 1.54) is 11.1 Å². The van der Waals surface area contributed by atoms with Crippen molar-refractivity contribution in [1.82, 2.24) is 0 Å². The van der Waals surface area contributed by atoms with E-state index in [0.29, 0.717) is 0 Å². The van der Waals surface area contributed by atoms with Crippen LogP contribution in [0.4, 0.5) is 0 Å². The highest BCUT2D eigenvalue weighted by atomic mass is 14.1. The molecule has 0 aliphatic carbocycles. The highest BCUT2D eigenvalue weighted by Gasteiger charge is 2.03. The molecule has 0 bridgehead atoms. The smallest absolute Gasteiger partial charge is 0.0381 e. The Balaban J connectivity index is 2.66. The van der Waals surface area contributed by atoms with E-state index in [9.17, 15) is 0 Å². The Labute approximate surface area is 86.7 Å². The molecule has 0 saturated carbocycles. The second-order valence-electron chi connectivity index (χ2n) is 3.71. The Kier molecular flexibility index (Phi) is 3.54. The summed E-state index contributed by atoms with van der Waals surface area (Å²) in [5.41, 5.74) is 3.67. The van der Waals surface area contributed by atoms with Crippen LogP contribution in [0.5, 0.6) is 0 Å². The van der Waals surface area contributed by atoms with Crippen LogP contribution < -0.4 is 0 Å². The van der Waals surface area contributed by atoms with Crippen LogP contribution in [0.25, 0.3) is 0 Å². The summed E-state index contributed by atoms with van der Waals surface area (Å²) in [5.74, 6) is 2.86. The second-order valence-corrected chi connectivity index (χ2v) is 3.71. The molecule has 0 spiro atoms. The molecule has 1 unspecified atom stereocenters. The lowest BCUT2D eigenvalue weighted by molar-refractivity contribution is 0.857. The van der Waals surface area contributed by atoms with E-state index >= 15 is 0 Å². The summed E-state index contributed by atoms with van der Waals surface area (Å²) >= 11 is 0. The third-order valence-corrected chi connectivity index (χ3v) is 2.41. The van der Waals surface area contributed by atoms with E-state index in [2.05, 4.69) is 43.7 Å². The molecule has 0 heterocycles. The van der Waals surface area contributed by atoms with E-state index in [4.69, 9.17) is 6.42 Å². The molecule has 0 N–H and O–H groups in total. The number of allylic oxidation sites excluding steroid dienone is 1. The van der Waals surface area contributed by atoms with Crippen LogP contribution >= 0.6 is 0 Å². The zero-order chi connectivity index (χ0) is 10.6. The molecule has 1 atom stereocenters. The minimum atomic E-state index is 0.163. The predicted molar refractivity (Wildman–Crippen MR) is 62.0 cm³/mol. The highest BCUT2D eigenvalue weighted by Crippen LogP contribution is 2.14. The number of terminal acetylenes is 1. The molecule has 0 saturated heterocycles. The van der Waals surface area contributed by atoms with E-state index in [-0.39, 0.29) is 5.92 Å². The number of rotatable bonds is 3. The van der Waals surface area contributed by atoms with E-state index in [0.717, 1.165) is 12.0 Å². The summed E-state index contributed by atoms with van der Waals surface area (Å²) in [6, 6.07) is 8.49. The van der Waals surface area contributed by atoms with Crippen molar-refractivity contribution in [3.8, 4) is 12.3 Å². The van der Waals surface area contributed by atoms with Crippen LogP contribution in [0.3, 0.4) is 0 Å². The third-order valence-electron chi connectivity index (χ3n) is 2.41. The summed E-state index contributed by atoms with van der Waals surface area (Å²) in [4.78, 5) is 0. The Morgan fingerprint density at radius 2 is 2.00 bits per heavy atom. The van der Waals surface area contributed by atoms with Crippen LogP contribution in [0.2, 0.25) is 0 Å². The molecule has 72 valence electrons. The first-order chi connectivity index (χ1) is 6.63. The number of hydrogen-bond acceptors (Lipinski definition) is 0. The fraction of sp³-hybridized carbons (Fsp3) is 0.286. The molecule has 0 fully saturated rings. The van der Waals surface area contributed by atoms with Gasteiger partial charge in [0.1, 0.15) is 0 Å². The van der Waals surface area contributed by atoms with Crippen molar-refractivity contribution < 1.29 is 0 Å². The van der Waals surface area contributed by atoms with E-state index < -0.39 is 0 Å². The SMILES string of the molecule is C#CC(C)C(=C)Cc1ccc(C)cc1. The molecule has 1 aromatic carbocycles. The van der Waals surface area contributed by atoms with Crippen molar-refractivity contribution in [3.05, 3.63) is 47.5 Å². The van der Waals surface area contributed by atoms with Crippen molar-refractivity contribution in [2.45, 2.75) is 20.3 Å². The molecule has 0 heteroatoms. The van der Waals surface area contributed by atoms with Gasteiger partial charge in [-0.1, -0.05) is 47.9 Å². The Hall–Kier alpha value is -1.48. The van der Waals surface area contributed by atoms with Gasteiger partial charge in [0, 0.05) is 5.92 Å². The summed E-state index contributed by atoms with van der Waals surface area (Å²) in [6.07, 6.45) is 6.22. The fourth-order valence-corrected chi connectivity index (χ4v) is 1.24. The highest BCUT2D eigenvalue weighted by molar-refractivity contribution is 5.27. The molecule has 0 aliphatic rings. The molecule has 0 aliphatic heterocycles. The van der Waals surface area contributed by atoms with Crippen molar-refractivity contribution in [2.75, 3.05) is 0 Å². The summed E-state index contributed by atoms with van der Waals surface area (Å²) in [6.45, 7) is 8.10. The van der Waals surface area contributed by atoms with Crippen molar-refractivity contribution in [3.63, 3.8) is 0 Å². The largest absolute Gasteiger partial charge is 0.119 e. The van der Waals surface area contributed by atoms with Crippen LogP contribution in [-0.4, -0.2) is 0 Å². The Morgan fingerprint density at radius 1 is 1.43 bits per heavy atom. The first kappa shape index (κ1) is 10.6. The number of hydrogen-bond donors (Lipinski definition) is 0. The monoisotopic (exact) mass is 184 g/mol. The standard InChI is InChI=1S/C14H16/c1-5-12(3)13(4)10-14-8-6-11(2)7-9-14/h1,6-9,12H,4,10H2,2-3H3. The van der Waals surface area contributed by atoms with Gasteiger partial charge in [-0.05, 0) is 25.8 Å². The van der Waals surface area contributed by atoms with Crippen molar-refractivity contribution in [2.24, 2.45) is 5.92 Å². The molecule has 0 aromatic heterocycles. The summed E-state index contributed by atoms with van der Waals surface area (Å²) in [7, 11) is 0. The van der Waals surface area contributed by atoms with Gasteiger partial charge < -0.3 is 0 Å². The molecule has 1 aromatic rings. The lowest BCUT2D eigenvalue weighted by Crippen LogP contribution is -1.98. The zero-order valence-electron chi connectivity index (χ0n) is 8.88. The average molecular weight is 184 g/mol. The van der Waals surface area contributed by atoms with Gasteiger partial charge in [-0.3, -0.25) is 0 Å².